The lowest BCUT2D eigenvalue weighted by atomic mass is 10.2. The molecule has 0 aliphatic carbocycles. The number of hydrogen-bond acceptors (Lipinski definition) is 3. The van der Waals surface area contributed by atoms with Crippen LogP contribution in [0.5, 0.6) is 0 Å². The Morgan fingerprint density at radius 1 is 1.54 bits per heavy atom. The van der Waals surface area contributed by atoms with Crippen LogP contribution >= 0.6 is 38.5 Å². The average molecular weight is 356 g/mol. The molecule has 0 aromatic heterocycles. The molecule has 4 nitrogen and oxygen atoms in total. The maximum absolute atomic E-state index is 10.5. The van der Waals surface area contributed by atoms with Gasteiger partial charge in [0.1, 0.15) is 5.56 Å². The van der Waals surface area contributed by atoms with Crippen molar-refractivity contribution in [1.29, 1.82) is 0 Å². The number of carbonyl (C=O) groups is 1. The van der Waals surface area contributed by atoms with Gasteiger partial charge in [-0.3, -0.25) is 14.9 Å². The van der Waals surface area contributed by atoms with E-state index < -0.39 is 4.92 Å². The van der Waals surface area contributed by atoms with Gasteiger partial charge in [-0.1, -0.05) is 15.9 Å². The van der Waals surface area contributed by atoms with E-state index in [0.717, 1.165) is 0 Å². The first-order chi connectivity index (χ1) is 6.06. The van der Waals surface area contributed by atoms with Crippen LogP contribution in [-0.2, 0) is 0 Å². The molecule has 0 spiro atoms. The van der Waals surface area contributed by atoms with Gasteiger partial charge in [0, 0.05) is 14.1 Å². The van der Waals surface area contributed by atoms with E-state index in [1.165, 1.54) is 6.07 Å². The summed E-state index contributed by atoms with van der Waals surface area (Å²) in [5.74, 6) is 0. The lowest BCUT2D eigenvalue weighted by Crippen LogP contribution is -1.96. The minimum Gasteiger partial charge on any atom is -0.298 e. The van der Waals surface area contributed by atoms with Gasteiger partial charge in [-0.25, -0.2) is 0 Å². The summed E-state index contributed by atoms with van der Waals surface area (Å²) in [6, 6.07) is 2.96. The summed E-state index contributed by atoms with van der Waals surface area (Å²) in [5.41, 5.74) is -0.0532. The molecule has 0 saturated carbocycles. The van der Waals surface area contributed by atoms with Crippen molar-refractivity contribution < 1.29 is 9.72 Å². The highest BCUT2D eigenvalue weighted by Crippen LogP contribution is 2.27. The lowest BCUT2D eigenvalue weighted by molar-refractivity contribution is -0.385. The Bertz CT molecular complexity index is 380. The monoisotopic (exact) mass is 355 g/mol. The summed E-state index contributed by atoms with van der Waals surface area (Å²) >= 11 is 5.00. The van der Waals surface area contributed by atoms with Crippen LogP contribution in [0.25, 0.3) is 0 Å². The van der Waals surface area contributed by atoms with E-state index in [4.69, 9.17) is 0 Å². The van der Waals surface area contributed by atoms with E-state index in [2.05, 4.69) is 15.9 Å². The maximum atomic E-state index is 10.5. The van der Waals surface area contributed by atoms with Crippen molar-refractivity contribution in [3.8, 4) is 0 Å². The van der Waals surface area contributed by atoms with Crippen molar-refractivity contribution in [2.45, 2.75) is 0 Å². The molecule has 0 amide bonds. The van der Waals surface area contributed by atoms with Crippen LogP contribution in [0, 0.1) is 13.7 Å². The molecular weight excluding hydrogens is 353 g/mol. The topological polar surface area (TPSA) is 60.2 Å². The maximum Gasteiger partial charge on any atom is 0.282 e. The molecule has 0 heterocycles. The third-order valence-electron chi connectivity index (χ3n) is 1.39. The fourth-order valence-corrected chi connectivity index (χ4v) is 2.45. The van der Waals surface area contributed by atoms with Crippen LogP contribution in [0.4, 0.5) is 5.69 Å². The zero-order chi connectivity index (χ0) is 10.0. The molecule has 6 heteroatoms. The second-order valence-electron chi connectivity index (χ2n) is 2.20. The molecule has 68 valence electrons. The summed E-state index contributed by atoms with van der Waals surface area (Å²) in [7, 11) is 0. The lowest BCUT2D eigenvalue weighted by Gasteiger charge is -1.99. The second-order valence-corrected chi connectivity index (χ2v) is 4.27. The number of nitrogens with zero attached hydrogens (tertiary/aromatic N) is 1. The van der Waals surface area contributed by atoms with Crippen molar-refractivity contribution >= 4 is 50.5 Å². The molecule has 1 aromatic rings. The molecule has 0 radical (unpaired) electrons. The van der Waals surface area contributed by atoms with Gasteiger partial charge in [0.15, 0.2) is 6.29 Å². The number of nitro groups is 1. The highest BCUT2D eigenvalue weighted by atomic mass is 127. The van der Waals surface area contributed by atoms with Gasteiger partial charge in [0.05, 0.1) is 4.92 Å². The largest absolute Gasteiger partial charge is 0.298 e. The van der Waals surface area contributed by atoms with Crippen LogP contribution in [0.3, 0.4) is 0 Å². The number of benzene rings is 1. The van der Waals surface area contributed by atoms with Crippen LogP contribution in [-0.4, -0.2) is 11.2 Å². The molecule has 13 heavy (non-hydrogen) atoms. The van der Waals surface area contributed by atoms with Crippen molar-refractivity contribution in [1.82, 2.24) is 0 Å². The van der Waals surface area contributed by atoms with Gasteiger partial charge in [-0.2, -0.15) is 0 Å². The predicted molar refractivity (Wildman–Crippen MR) is 58.9 cm³/mol. The van der Waals surface area contributed by atoms with E-state index >= 15 is 0 Å². The van der Waals surface area contributed by atoms with Gasteiger partial charge >= 0.3 is 0 Å². The van der Waals surface area contributed by atoms with Crippen LogP contribution in [0.15, 0.2) is 16.6 Å². The Morgan fingerprint density at radius 2 is 2.15 bits per heavy atom. The average Bonchev–Trinajstić information content (AvgIpc) is 2.02. The van der Waals surface area contributed by atoms with E-state index in [1.54, 1.807) is 6.07 Å². The summed E-state index contributed by atoms with van der Waals surface area (Å²) in [5, 5.41) is 10.5. The van der Waals surface area contributed by atoms with E-state index in [9.17, 15) is 14.9 Å². The molecule has 0 saturated heterocycles. The highest BCUT2D eigenvalue weighted by Gasteiger charge is 2.16. The van der Waals surface area contributed by atoms with Crippen molar-refractivity contribution in [3.05, 3.63) is 35.9 Å². The molecule has 1 rings (SSSR count). The minimum atomic E-state index is -0.573. The normalized spacial score (nSPS) is 9.69. The number of nitro benzene ring substituents is 1. The van der Waals surface area contributed by atoms with E-state index in [1.807, 2.05) is 22.6 Å². The fraction of sp³-hybridized carbons (Fsp3) is 0. The standard InChI is InChI=1S/C7H3BrINO3/c8-4-1-6(9)5(3-11)7(2-4)10(12)13/h1-3H. The fourth-order valence-electron chi connectivity index (χ4n) is 0.839. The SMILES string of the molecule is O=Cc1c(I)cc(Br)cc1[N+](=O)[O-]. The van der Waals surface area contributed by atoms with Crippen molar-refractivity contribution in [2.24, 2.45) is 0 Å². The van der Waals surface area contributed by atoms with Gasteiger partial charge in [-0.05, 0) is 28.7 Å². The zero-order valence-electron chi connectivity index (χ0n) is 6.16. The van der Waals surface area contributed by atoms with E-state index in [0.29, 0.717) is 14.3 Å². The first kappa shape index (κ1) is 10.6. The summed E-state index contributed by atoms with van der Waals surface area (Å²) in [6.45, 7) is 0. The molecule has 1 aromatic carbocycles. The molecule has 0 N–H and O–H groups in total. The van der Waals surface area contributed by atoms with Gasteiger partial charge in [-0.15, -0.1) is 0 Å². The number of rotatable bonds is 2. The molecule has 0 fully saturated rings. The Balaban J connectivity index is 3.46. The van der Waals surface area contributed by atoms with Crippen molar-refractivity contribution in [3.63, 3.8) is 0 Å². The van der Waals surface area contributed by atoms with Crippen LogP contribution in [0.1, 0.15) is 10.4 Å². The third kappa shape index (κ3) is 2.25. The zero-order valence-corrected chi connectivity index (χ0v) is 9.90. The minimum absolute atomic E-state index is 0.119. The van der Waals surface area contributed by atoms with Crippen molar-refractivity contribution in [2.75, 3.05) is 0 Å². The Kier molecular flexibility index (Phi) is 3.37. The Labute approximate surface area is 95.7 Å². The van der Waals surface area contributed by atoms with Gasteiger partial charge in [0.25, 0.3) is 5.69 Å². The number of aldehydes is 1. The number of carbonyl (C=O) groups excluding carboxylic acids is 1. The second kappa shape index (κ2) is 4.14. The smallest absolute Gasteiger partial charge is 0.282 e. The quantitative estimate of drug-likeness (QED) is 0.354. The molecular formula is C7H3BrINO3. The summed E-state index contributed by atoms with van der Waals surface area (Å²) < 4.78 is 1.16. The van der Waals surface area contributed by atoms with Gasteiger partial charge < -0.3 is 0 Å². The number of halogens is 2. The molecule has 0 aliphatic rings. The van der Waals surface area contributed by atoms with E-state index in [-0.39, 0.29) is 11.3 Å². The van der Waals surface area contributed by atoms with Crippen LogP contribution < -0.4 is 0 Å². The summed E-state index contributed by atoms with van der Waals surface area (Å²) in [6.07, 6.45) is 0.492. The van der Waals surface area contributed by atoms with Gasteiger partial charge in [0.2, 0.25) is 0 Å². The Morgan fingerprint density at radius 3 is 2.62 bits per heavy atom. The van der Waals surface area contributed by atoms with Crippen LogP contribution in [0.2, 0.25) is 0 Å². The molecule has 0 atom stereocenters. The highest BCUT2D eigenvalue weighted by molar-refractivity contribution is 14.1. The number of hydrogen-bond donors (Lipinski definition) is 0. The molecule has 0 aliphatic heterocycles. The Hall–Kier alpha value is -0.500. The first-order valence-corrected chi connectivity index (χ1v) is 5.02. The third-order valence-corrected chi connectivity index (χ3v) is 2.74. The first-order valence-electron chi connectivity index (χ1n) is 3.15. The summed E-state index contributed by atoms with van der Waals surface area (Å²) in [4.78, 5) is 20.5. The molecule has 0 unspecified atom stereocenters. The molecule has 0 bridgehead atoms. The predicted octanol–water partition coefficient (Wildman–Crippen LogP) is 2.77.